The standard InChI is InChI=1S/C14H16ClN3O3/c1-8(2)12-13(20)18(14(21)17-12)7-11(19)16-10-5-3-9(15)4-6-10/h3-6,8,12H,7H2,1-2H3,(H,16,19)(H,17,21). The molecular formula is C14H16ClN3O3. The van der Waals surface area contributed by atoms with Crippen molar-refractivity contribution in [3.8, 4) is 0 Å². The molecule has 1 fully saturated rings. The van der Waals surface area contributed by atoms with Crippen LogP contribution in [0, 0.1) is 5.92 Å². The van der Waals surface area contributed by atoms with Crippen LogP contribution in [-0.2, 0) is 9.59 Å². The summed E-state index contributed by atoms with van der Waals surface area (Å²) in [7, 11) is 0. The molecule has 4 amide bonds. The summed E-state index contributed by atoms with van der Waals surface area (Å²) in [4.78, 5) is 36.6. The number of amides is 4. The third kappa shape index (κ3) is 3.52. The first kappa shape index (κ1) is 15.3. The van der Waals surface area contributed by atoms with Gasteiger partial charge in [0.25, 0.3) is 5.91 Å². The molecule has 7 heteroatoms. The van der Waals surface area contributed by atoms with E-state index in [1.165, 1.54) is 0 Å². The molecule has 1 saturated heterocycles. The molecule has 1 aliphatic rings. The maximum Gasteiger partial charge on any atom is 0.325 e. The van der Waals surface area contributed by atoms with Crippen LogP contribution in [0.5, 0.6) is 0 Å². The maximum atomic E-state index is 12.0. The molecule has 2 rings (SSSR count). The van der Waals surface area contributed by atoms with Gasteiger partial charge in [-0.05, 0) is 30.2 Å². The van der Waals surface area contributed by atoms with Crippen LogP contribution in [0.3, 0.4) is 0 Å². The Morgan fingerprint density at radius 2 is 1.95 bits per heavy atom. The van der Waals surface area contributed by atoms with Crippen LogP contribution >= 0.6 is 11.6 Å². The van der Waals surface area contributed by atoms with Gasteiger partial charge in [0.1, 0.15) is 12.6 Å². The molecule has 0 bridgehead atoms. The van der Waals surface area contributed by atoms with Crippen molar-refractivity contribution in [1.82, 2.24) is 10.2 Å². The van der Waals surface area contributed by atoms with Gasteiger partial charge in [0.05, 0.1) is 0 Å². The Balaban J connectivity index is 1.98. The maximum absolute atomic E-state index is 12.0. The fourth-order valence-corrected chi connectivity index (χ4v) is 2.15. The van der Waals surface area contributed by atoms with Crippen LogP contribution < -0.4 is 10.6 Å². The first-order chi connectivity index (χ1) is 9.88. The Morgan fingerprint density at radius 3 is 2.48 bits per heavy atom. The van der Waals surface area contributed by atoms with Crippen LogP contribution in [0.1, 0.15) is 13.8 Å². The van der Waals surface area contributed by atoms with Crippen molar-refractivity contribution in [2.24, 2.45) is 5.92 Å². The summed E-state index contributed by atoms with van der Waals surface area (Å²) in [5.41, 5.74) is 0.553. The van der Waals surface area contributed by atoms with Crippen molar-refractivity contribution in [2.45, 2.75) is 19.9 Å². The second-order valence-electron chi connectivity index (χ2n) is 5.15. The monoisotopic (exact) mass is 309 g/mol. The SMILES string of the molecule is CC(C)C1NC(=O)N(CC(=O)Nc2ccc(Cl)cc2)C1=O. The van der Waals surface area contributed by atoms with E-state index >= 15 is 0 Å². The Morgan fingerprint density at radius 1 is 1.33 bits per heavy atom. The first-order valence-electron chi connectivity index (χ1n) is 6.56. The summed E-state index contributed by atoms with van der Waals surface area (Å²) in [6, 6.07) is 5.46. The van der Waals surface area contributed by atoms with Gasteiger partial charge in [0.2, 0.25) is 5.91 Å². The summed E-state index contributed by atoms with van der Waals surface area (Å²) in [6.07, 6.45) is 0. The van der Waals surface area contributed by atoms with E-state index in [9.17, 15) is 14.4 Å². The highest BCUT2D eigenvalue weighted by atomic mass is 35.5. The van der Waals surface area contributed by atoms with Crippen LogP contribution in [0.2, 0.25) is 5.02 Å². The Hall–Kier alpha value is -2.08. The van der Waals surface area contributed by atoms with E-state index in [4.69, 9.17) is 11.6 Å². The number of carbonyl (C=O) groups excluding carboxylic acids is 3. The van der Waals surface area contributed by atoms with Crippen LogP contribution in [-0.4, -0.2) is 35.3 Å². The number of benzene rings is 1. The first-order valence-corrected chi connectivity index (χ1v) is 6.93. The molecule has 0 saturated carbocycles. The average molecular weight is 310 g/mol. The molecule has 1 atom stereocenters. The molecule has 0 radical (unpaired) electrons. The van der Waals surface area contributed by atoms with Crippen molar-refractivity contribution < 1.29 is 14.4 Å². The highest BCUT2D eigenvalue weighted by Gasteiger charge is 2.40. The number of halogens is 1. The number of nitrogens with one attached hydrogen (secondary N) is 2. The summed E-state index contributed by atoms with van der Waals surface area (Å²) in [5, 5.41) is 5.74. The van der Waals surface area contributed by atoms with Crippen molar-refractivity contribution >= 4 is 35.1 Å². The highest BCUT2D eigenvalue weighted by molar-refractivity contribution is 6.30. The van der Waals surface area contributed by atoms with Gasteiger partial charge in [0, 0.05) is 10.7 Å². The van der Waals surface area contributed by atoms with E-state index in [-0.39, 0.29) is 18.4 Å². The van der Waals surface area contributed by atoms with E-state index in [0.29, 0.717) is 10.7 Å². The van der Waals surface area contributed by atoms with Crippen molar-refractivity contribution in [3.63, 3.8) is 0 Å². The minimum atomic E-state index is -0.569. The molecule has 2 N–H and O–H groups in total. The zero-order valence-corrected chi connectivity index (χ0v) is 12.5. The summed E-state index contributed by atoms with van der Waals surface area (Å²) < 4.78 is 0. The third-order valence-corrected chi connectivity index (χ3v) is 3.40. The second-order valence-corrected chi connectivity index (χ2v) is 5.59. The lowest BCUT2D eigenvalue weighted by Crippen LogP contribution is -2.39. The number of nitrogens with zero attached hydrogens (tertiary/aromatic N) is 1. The highest BCUT2D eigenvalue weighted by Crippen LogP contribution is 2.15. The number of rotatable bonds is 4. The largest absolute Gasteiger partial charge is 0.326 e. The zero-order valence-electron chi connectivity index (χ0n) is 11.7. The van der Waals surface area contributed by atoms with E-state index in [2.05, 4.69) is 10.6 Å². The normalized spacial score (nSPS) is 18.1. The lowest BCUT2D eigenvalue weighted by molar-refractivity contribution is -0.131. The van der Waals surface area contributed by atoms with Crippen LogP contribution in [0.4, 0.5) is 10.5 Å². The van der Waals surface area contributed by atoms with Gasteiger partial charge < -0.3 is 10.6 Å². The van der Waals surface area contributed by atoms with Gasteiger partial charge in [-0.3, -0.25) is 14.5 Å². The predicted octanol–water partition coefficient (Wildman–Crippen LogP) is 1.85. The molecule has 1 aliphatic heterocycles. The molecule has 6 nitrogen and oxygen atoms in total. The molecule has 1 aromatic carbocycles. The summed E-state index contributed by atoms with van der Waals surface area (Å²) in [6.45, 7) is 3.36. The van der Waals surface area contributed by atoms with Crippen molar-refractivity contribution in [1.29, 1.82) is 0 Å². The van der Waals surface area contributed by atoms with Crippen LogP contribution in [0.15, 0.2) is 24.3 Å². The lowest BCUT2D eigenvalue weighted by atomic mass is 10.1. The van der Waals surface area contributed by atoms with E-state index in [1.807, 2.05) is 13.8 Å². The number of hydrogen-bond acceptors (Lipinski definition) is 3. The fraction of sp³-hybridized carbons (Fsp3) is 0.357. The molecular weight excluding hydrogens is 294 g/mol. The lowest BCUT2D eigenvalue weighted by Gasteiger charge is -2.14. The second kappa shape index (κ2) is 6.13. The molecule has 21 heavy (non-hydrogen) atoms. The molecule has 112 valence electrons. The van der Waals surface area contributed by atoms with Crippen molar-refractivity contribution in [3.05, 3.63) is 29.3 Å². The smallest absolute Gasteiger partial charge is 0.325 e. The minimum absolute atomic E-state index is 0.0224. The number of urea groups is 1. The molecule has 1 aromatic rings. The van der Waals surface area contributed by atoms with Crippen molar-refractivity contribution in [2.75, 3.05) is 11.9 Å². The van der Waals surface area contributed by atoms with Gasteiger partial charge in [-0.25, -0.2) is 4.79 Å². The molecule has 0 aromatic heterocycles. The summed E-state index contributed by atoms with van der Waals surface area (Å²) in [5.74, 6) is -0.836. The average Bonchev–Trinajstić information content (AvgIpc) is 2.69. The number of anilines is 1. The van der Waals surface area contributed by atoms with Gasteiger partial charge in [-0.15, -0.1) is 0 Å². The Kier molecular flexibility index (Phi) is 4.47. The molecule has 1 unspecified atom stereocenters. The number of hydrogen-bond donors (Lipinski definition) is 2. The number of carbonyl (C=O) groups is 3. The summed E-state index contributed by atoms with van der Waals surface area (Å²) >= 11 is 5.75. The quantitative estimate of drug-likeness (QED) is 0.833. The van der Waals surface area contributed by atoms with E-state index in [0.717, 1.165) is 4.90 Å². The van der Waals surface area contributed by atoms with E-state index in [1.54, 1.807) is 24.3 Å². The predicted molar refractivity (Wildman–Crippen MR) is 79.0 cm³/mol. The molecule has 0 aliphatic carbocycles. The number of imide groups is 1. The molecule has 0 spiro atoms. The van der Waals surface area contributed by atoms with Gasteiger partial charge >= 0.3 is 6.03 Å². The molecule has 1 heterocycles. The van der Waals surface area contributed by atoms with Gasteiger partial charge in [-0.2, -0.15) is 0 Å². The third-order valence-electron chi connectivity index (χ3n) is 3.15. The minimum Gasteiger partial charge on any atom is -0.326 e. The Bertz CT molecular complexity index is 571. The van der Waals surface area contributed by atoms with E-state index < -0.39 is 18.0 Å². The van der Waals surface area contributed by atoms with Crippen LogP contribution in [0.25, 0.3) is 0 Å². The zero-order chi connectivity index (χ0) is 15.6. The Labute approximate surface area is 127 Å². The topological polar surface area (TPSA) is 78.5 Å². The van der Waals surface area contributed by atoms with Gasteiger partial charge in [0.15, 0.2) is 0 Å². The fourth-order valence-electron chi connectivity index (χ4n) is 2.02. The van der Waals surface area contributed by atoms with Gasteiger partial charge in [-0.1, -0.05) is 25.4 Å².